The normalized spacial score (nSPS) is 10.5. The van der Waals surface area contributed by atoms with Crippen LogP contribution in [0.3, 0.4) is 0 Å². The van der Waals surface area contributed by atoms with Crippen LogP contribution >= 0.6 is 0 Å². The van der Waals surface area contributed by atoms with E-state index in [0.29, 0.717) is 24.0 Å². The molecule has 0 amide bonds. The first kappa shape index (κ1) is 13.1. The van der Waals surface area contributed by atoms with E-state index in [-0.39, 0.29) is 0 Å². The Morgan fingerprint density at radius 3 is 2.86 bits per heavy atom. The van der Waals surface area contributed by atoms with Crippen molar-refractivity contribution in [2.24, 2.45) is 0 Å². The van der Waals surface area contributed by atoms with Crippen molar-refractivity contribution in [1.29, 1.82) is 0 Å². The second-order valence-corrected chi connectivity index (χ2v) is 4.38. The summed E-state index contributed by atoms with van der Waals surface area (Å²) < 4.78 is 5.37. The molecular weight excluding hydrogens is 266 g/mol. The lowest BCUT2D eigenvalue weighted by Crippen LogP contribution is -2.05. The van der Waals surface area contributed by atoms with E-state index >= 15 is 0 Å². The average Bonchev–Trinajstić information content (AvgIpc) is 2.52. The largest absolute Gasteiger partial charge is 0.476 e. The van der Waals surface area contributed by atoms with E-state index in [4.69, 9.17) is 10.5 Å². The topological polar surface area (TPSA) is 86.0 Å². The molecule has 106 valence electrons. The highest BCUT2D eigenvalue weighted by Crippen LogP contribution is 2.29. The number of hydrogen-bond acceptors (Lipinski definition) is 6. The number of para-hydroxylation sites is 1. The van der Waals surface area contributed by atoms with Crippen LogP contribution in [0.4, 0.5) is 17.2 Å². The quantitative estimate of drug-likeness (QED) is 0.764. The summed E-state index contributed by atoms with van der Waals surface area (Å²) in [6.45, 7) is 2.37. The Morgan fingerprint density at radius 2 is 2.00 bits per heavy atom. The monoisotopic (exact) mass is 281 g/mol. The molecule has 3 N–H and O–H groups in total. The van der Waals surface area contributed by atoms with Gasteiger partial charge in [0.05, 0.1) is 17.8 Å². The zero-order chi connectivity index (χ0) is 14.7. The molecule has 6 heteroatoms. The third-order valence-electron chi connectivity index (χ3n) is 3.01. The van der Waals surface area contributed by atoms with Crippen LogP contribution in [0, 0.1) is 0 Å². The Hall–Kier alpha value is -2.89. The van der Waals surface area contributed by atoms with E-state index in [0.717, 1.165) is 16.6 Å². The zero-order valence-corrected chi connectivity index (χ0v) is 11.6. The van der Waals surface area contributed by atoms with Crippen LogP contribution < -0.4 is 15.8 Å². The van der Waals surface area contributed by atoms with Gasteiger partial charge in [0.1, 0.15) is 12.0 Å². The first-order valence-corrected chi connectivity index (χ1v) is 6.63. The van der Waals surface area contributed by atoms with Gasteiger partial charge in [-0.1, -0.05) is 18.2 Å². The molecule has 3 rings (SSSR count). The number of aromatic nitrogens is 3. The second kappa shape index (κ2) is 5.62. The number of nitrogens with zero attached hydrogens (tertiary/aromatic N) is 3. The van der Waals surface area contributed by atoms with Crippen molar-refractivity contribution in [1.82, 2.24) is 15.0 Å². The van der Waals surface area contributed by atoms with Crippen molar-refractivity contribution in [3.8, 4) is 5.88 Å². The fraction of sp³-hybridized carbons (Fsp3) is 0.133. The molecule has 0 atom stereocenters. The average molecular weight is 281 g/mol. The molecule has 0 aliphatic heterocycles. The van der Waals surface area contributed by atoms with Gasteiger partial charge < -0.3 is 15.8 Å². The second-order valence-electron chi connectivity index (χ2n) is 4.38. The Morgan fingerprint density at radius 1 is 1.14 bits per heavy atom. The fourth-order valence-corrected chi connectivity index (χ4v) is 2.06. The van der Waals surface area contributed by atoms with Crippen LogP contribution in [0.25, 0.3) is 10.9 Å². The predicted molar refractivity (Wildman–Crippen MR) is 82.6 cm³/mol. The van der Waals surface area contributed by atoms with Gasteiger partial charge in [-0.05, 0) is 19.1 Å². The maximum Gasteiger partial charge on any atom is 0.242 e. The number of nitrogens with one attached hydrogen (secondary N) is 1. The van der Waals surface area contributed by atoms with Gasteiger partial charge in [-0.15, -0.1) is 0 Å². The number of rotatable bonds is 4. The summed E-state index contributed by atoms with van der Waals surface area (Å²) in [5.41, 5.74) is 8.10. The molecule has 2 heterocycles. The summed E-state index contributed by atoms with van der Waals surface area (Å²) in [5, 5.41) is 4.24. The minimum atomic E-state index is 0.378. The van der Waals surface area contributed by atoms with E-state index in [9.17, 15) is 0 Å². The summed E-state index contributed by atoms with van der Waals surface area (Å²) in [4.78, 5) is 12.6. The van der Waals surface area contributed by atoms with Crippen molar-refractivity contribution in [3.05, 3.63) is 42.9 Å². The molecular formula is C15H15N5O. The van der Waals surface area contributed by atoms with Crippen molar-refractivity contribution in [3.63, 3.8) is 0 Å². The minimum absolute atomic E-state index is 0.378. The van der Waals surface area contributed by atoms with E-state index in [2.05, 4.69) is 20.3 Å². The Bertz CT molecular complexity index is 770. The maximum atomic E-state index is 6.03. The van der Waals surface area contributed by atoms with Gasteiger partial charge in [0, 0.05) is 11.6 Å². The summed E-state index contributed by atoms with van der Waals surface area (Å²) in [6.07, 6.45) is 3.17. The number of ether oxygens (including phenoxy) is 1. The fourth-order valence-electron chi connectivity index (χ4n) is 2.06. The van der Waals surface area contributed by atoms with Gasteiger partial charge in [0.25, 0.3) is 0 Å². The maximum absolute atomic E-state index is 6.03. The molecule has 0 radical (unpaired) electrons. The smallest absolute Gasteiger partial charge is 0.242 e. The van der Waals surface area contributed by atoms with E-state index in [1.165, 1.54) is 6.33 Å². The molecule has 6 nitrogen and oxygen atoms in total. The molecule has 21 heavy (non-hydrogen) atoms. The first-order chi connectivity index (χ1) is 10.3. The van der Waals surface area contributed by atoms with Gasteiger partial charge in [-0.25, -0.2) is 4.98 Å². The lowest BCUT2D eigenvalue weighted by atomic mass is 10.2. The molecule has 0 fully saturated rings. The number of pyridine rings is 1. The highest BCUT2D eigenvalue weighted by molar-refractivity contribution is 5.92. The molecule has 0 unspecified atom stereocenters. The Balaban J connectivity index is 2.01. The zero-order valence-electron chi connectivity index (χ0n) is 11.6. The minimum Gasteiger partial charge on any atom is -0.476 e. The van der Waals surface area contributed by atoms with Crippen LogP contribution in [0.15, 0.2) is 42.9 Å². The van der Waals surface area contributed by atoms with Crippen molar-refractivity contribution >= 4 is 28.1 Å². The molecule has 0 aliphatic carbocycles. The van der Waals surface area contributed by atoms with Gasteiger partial charge >= 0.3 is 0 Å². The predicted octanol–water partition coefficient (Wildman–Crippen LogP) is 2.75. The van der Waals surface area contributed by atoms with E-state index < -0.39 is 0 Å². The number of anilines is 3. The van der Waals surface area contributed by atoms with Crippen LogP contribution in [0.1, 0.15) is 6.92 Å². The summed E-state index contributed by atoms with van der Waals surface area (Å²) in [6, 6.07) is 9.79. The number of fused-ring (bicyclic) bond motifs is 1. The van der Waals surface area contributed by atoms with Gasteiger partial charge in [0.2, 0.25) is 5.88 Å². The Labute approximate surface area is 122 Å². The molecule has 0 aliphatic rings. The van der Waals surface area contributed by atoms with E-state index in [1.807, 2.05) is 37.3 Å². The number of nitrogens with two attached hydrogens (primary N) is 1. The van der Waals surface area contributed by atoms with Crippen molar-refractivity contribution < 1.29 is 4.74 Å². The van der Waals surface area contributed by atoms with Crippen molar-refractivity contribution in [2.45, 2.75) is 6.92 Å². The molecule has 0 saturated heterocycles. The molecule has 1 aromatic carbocycles. The third kappa shape index (κ3) is 2.55. The molecule has 0 saturated carbocycles. The van der Waals surface area contributed by atoms with Gasteiger partial charge in [-0.3, -0.25) is 4.98 Å². The number of nitrogen functional groups attached to an aromatic ring is 1. The van der Waals surface area contributed by atoms with Crippen LogP contribution in [0.2, 0.25) is 0 Å². The van der Waals surface area contributed by atoms with Gasteiger partial charge in [0.15, 0.2) is 5.82 Å². The highest BCUT2D eigenvalue weighted by Gasteiger charge is 2.10. The first-order valence-electron chi connectivity index (χ1n) is 6.63. The third-order valence-corrected chi connectivity index (χ3v) is 3.01. The molecule has 3 aromatic rings. The van der Waals surface area contributed by atoms with Gasteiger partial charge in [-0.2, -0.15) is 4.98 Å². The van der Waals surface area contributed by atoms with E-state index in [1.54, 1.807) is 6.20 Å². The lowest BCUT2D eigenvalue weighted by molar-refractivity contribution is 0.328. The molecule has 2 aromatic heterocycles. The van der Waals surface area contributed by atoms with Crippen LogP contribution in [-0.2, 0) is 0 Å². The lowest BCUT2D eigenvalue weighted by Gasteiger charge is -2.12. The molecule has 0 bridgehead atoms. The molecule has 0 spiro atoms. The Kier molecular flexibility index (Phi) is 3.51. The summed E-state index contributed by atoms with van der Waals surface area (Å²) in [5.74, 6) is 0.884. The highest BCUT2D eigenvalue weighted by atomic mass is 16.5. The van der Waals surface area contributed by atoms with Crippen molar-refractivity contribution in [2.75, 3.05) is 17.7 Å². The summed E-state index contributed by atoms with van der Waals surface area (Å²) in [7, 11) is 0. The SMILES string of the molecule is CCOc1ncnc(Nc2cccc3cccnc23)c1N. The summed E-state index contributed by atoms with van der Waals surface area (Å²) >= 11 is 0. The number of benzene rings is 1. The number of hydrogen-bond donors (Lipinski definition) is 2. The van der Waals surface area contributed by atoms with Crippen LogP contribution in [0.5, 0.6) is 5.88 Å². The van der Waals surface area contributed by atoms with Crippen LogP contribution in [-0.4, -0.2) is 21.6 Å². The standard InChI is InChI=1S/C15H15N5O/c1-2-21-15-12(16)14(18-9-19-15)20-11-7-3-5-10-6-4-8-17-13(10)11/h3-9H,2,16H2,1H3,(H,18,19,20).